The summed E-state index contributed by atoms with van der Waals surface area (Å²) in [4.78, 5) is 27.1. The first-order valence-electron chi connectivity index (χ1n) is 10.7. The SMILES string of the molecule is CCOc1cc2c(cc1OCC)CN(C(=O)CCC(=O)c1ccc(C)c(C)c1)CC2. The number of ether oxygens (including phenoxy) is 2. The van der Waals surface area contributed by atoms with Gasteiger partial charge in [-0.3, -0.25) is 9.59 Å². The molecule has 1 amide bonds. The van der Waals surface area contributed by atoms with E-state index in [1.807, 2.05) is 62.9 Å². The van der Waals surface area contributed by atoms with Gasteiger partial charge in [0.15, 0.2) is 17.3 Å². The van der Waals surface area contributed by atoms with E-state index in [4.69, 9.17) is 9.47 Å². The summed E-state index contributed by atoms with van der Waals surface area (Å²) in [6, 6.07) is 9.73. The van der Waals surface area contributed by atoms with E-state index in [9.17, 15) is 9.59 Å². The maximum Gasteiger partial charge on any atom is 0.223 e. The molecule has 0 bridgehead atoms. The summed E-state index contributed by atoms with van der Waals surface area (Å²) in [5.41, 5.74) is 5.21. The van der Waals surface area contributed by atoms with E-state index in [-0.39, 0.29) is 24.5 Å². The Balaban J connectivity index is 1.64. The van der Waals surface area contributed by atoms with Crippen molar-refractivity contribution in [3.63, 3.8) is 0 Å². The van der Waals surface area contributed by atoms with Crippen molar-refractivity contribution in [1.82, 2.24) is 4.90 Å². The molecule has 0 saturated heterocycles. The molecular weight excluding hydrogens is 378 g/mol. The van der Waals surface area contributed by atoms with Gasteiger partial charge in [0.1, 0.15) is 0 Å². The van der Waals surface area contributed by atoms with E-state index in [1.165, 1.54) is 5.56 Å². The van der Waals surface area contributed by atoms with Crippen molar-refractivity contribution in [1.29, 1.82) is 0 Å². The van der Waals surface area contributed by atoms with Gasteiger partial charge in [-0.1, -0.05) is 12.1 Å². The zero-order chi connectivity index (χ0) is 21.7. The number of aryl methyl sites for hydroxylation is 2. The molecule has 0 saturated carbocycles. The lowest BCUT2D eigenvalue weighted by molar-refractivity contribution is -0.132. The number of benzene rings is 2. The molecule has 0 aromatic heterocycles. The van der Waals surface area contributed by atoms with Crippen molar-refractivity contribution >= 4 is 11.7 Å². The fourth-order valence-corrected chi connectivity index (χ4v) is 3.75. The molecule has 5 nitrogen and oxygen atoms in total. The van der Waals surface area contributed by atoms with Gasteiger partial charge in [0.25, 0.3) is 0 Å². The fraction of sp³-hybridized carbons (Fsp3) is 0.440. The summed E-state index contributed by atoms with van der Waals surface area (Å²) in [5.74, 6) is 1.52. The van der Waals surface area contributed by atoms with Crippen LogP contribution in [0.15, 0.2) is 30.3 Å². The van der Waals surface area contributed by atoms with Gasteiger partial charge in [0.05, 0.1) is 13.2 Å². The monoisotopic (exact) mass is 409 g/mol. The highest BCUT2D eigenvalue weighted by atomic mass is 16.5. The van der Waals surface area contributed by atoms with E-state index in [0.717, 1.165) is 34.6 Å². The molecule has 0 radical (unpaired) electrons. The van der Waals surface area contributed by atoms with Crippen LogP contribution in [0.1, 0.15) is 59.3 Å². The van der Waals surface area contributed by atoms with Crippen LogP contribution in [-0.4, -0.2) is 36.3 Å². The molecule has 0 N–H and O–H groups in total. The molecule has 0 fully saturated rings. The number of amides is 1. The van der Waals surface area contributed by atoms with Gasteiger partial charge in [0, 0.05) is 31.5 Å². The zero-order valence-electron chi connectivity index (χ0n) is 18.4. The molecule has 1 aliphatic heterocycles. The molecule has 160 valence electrons. The summed E-state index contributed by atoms with van der Waals surface area (Å²) >= 11 is 0. The Labute approximate surface area is 179 Å². The topological polar surface area (TPSA) is 55.8 Å². The van der Waals surface area contributed by atoms with Crippen LogP contribution in [0.4, 0.5) is 0 Å². The predicted molar refractivity (Wildman–Crippen MR) is 117 cm³/mol. The molecule has 0 atom stereocenters. The highest BCUT2D eigenvalue weighted by Gasteiger charge is 2.23. The van der Waals surface area contributed by atoms with Gasteiger partial charge in [-0.2, -0.15) is 0 Å². The number of hydrogen-bond acceptors (Lipinski definition) is 4. The first-order chi connectivity index (χ1) is 14.4. The van der Waals surface area contributed by atoms with Gasteiger partial charge < -0.3 is 14.4 Å². The van der Waals surface area contributed by atoms with Crippen molar-refractivity contribution in [2.75, 3.05) is 19.8 Å². The van der Waals surface area contributed by atoms with E-state index in [0.29, 0.717) is 31.9 Å². The number of carbonyl (C=O) groups is 2. The van der Waals surface area contributed by atoms with Crippen molar-refractivity contribution in [2.45, 2.75) is 53.5 Å². The molecule has 30 heavy (non-hydrogen) atoms. The molecule has 1 heterocycles. The average molecular weight is 410 g/mol. The minimum Gasteiger partial charge on any atom is -0.490 e. The smallest absolute Gasteiger partial charge is 0.223 e. The van der Waals surface area contributed by atoms with Crippen LogP contribution >= 0.6 is 0 Å². The van der Waals surface area contributed by atoms with Crippen LogP contribution in [0.3, 0.4) is 0 Å². The van der Waals surface area contributed by atoms with Gasteiger partial charge in [-0.25, -0.2) is 0 Å². The third-order valence-electron chi connectivity index (χ3n) is 5.63. The molecular formula is C25H31NO4. The maximum atomic E-state index is 12.8. The number of fused-ring (bicyclic) bond motifs is 1. The van der Waals surface area contributed by atoms with E-state index >= 15 is 0 Å². The predicted octanol–water partition coefficient (Wildman–Crippen LogP) is 4.65. The molecule has 0 aliphatic carbocycles. The normalized spacial score (nSPS) is 13.0. The minimum absolute atomic E-state index is 0.0175. The second-order valence-electron chi connectivity index (χ2n) is 7.72. The Kier molecular flexibility index (Phi) is 7.14. The van der Waals surface area contributed by atoms with Crippen molar-refractivity contribution < 1.29 is 19.1 Å². The minimum atomic E-state index is 0.0175. The summed E-state index contributed by atoms with van der Waals surface area (Å²) in [5, 5.41) is 0. The Morgan fingerprint density at radius 3 is 2.20 bits per heavy atom. The number of hydrogen-bond donors (Lipinski definition) is 0. The highest BCUT2D eigenvalue weighted by molar-refractivity contribution is 5.98. The Hall–Kier alpha value is -2.82. The third kappa shape index (κ3) is 5.02. The number of nitrogens with zero attached hydrogens (tertiary/aromatic N) is 1. The van der Waals surface area contributed by atoms with Crippen molar-refractivity contribution in [3.8, 4) is 11.5 Å². The summed E-state index contributed by atoms with van der Waals surface area (Å²) in [6.45, 7) is 10.2. The molecule has 2 aromatic rings. The zero-order valence-corrected chi connectivity index (χ0v) is 18.4. The lowest BCUT2D eigenvalue weighted by Gasteiger charge is -2.30. The Bertz CT molecular complexity index is 935. The maximum absolute atomic E-state index is 12.8. The number of Topliss-reactive ketones (excluding diaryl/α,β-unsaturated/α-hetero) is 1. The molecule has 3 rings (SSSR count). The second kappa shape index (κ2) is 9.79. The van der Waals surface area contributed by atoms with E-state index in [1.54, 1.807) is 0 Å². The van der Waals surface area contributed by atoms with E-state index < -0.39 is 0 Å². The highest BCUT2D eigenvalue weighted by Crippen LogP contribution is 2.34. The summed E-state index contributed by atoms with van der Waals surface area (Å²) in [7, 11) is 0. The van der Waals surface area contributed by atoms with Crippen LogP contribution in [0.5, 0.6) is 11.5 Å². The largest absolute Gasteiger partial charge is 0.490 e. The number of carbonyl (C=O) groups excluding carboxylic acids is 2. The first-order valence-corrected chi connectivity index (χ1v) is 10.7. The molecule has 1 aliphatic rings. The number of ketones is 1. The fourth-order valence-electron chi connectivity index (χ4n) is 3.75. The first kappa shape index (κ1) is 21.9. The van der Waals surface area contributed by atoms with Crippen LogP contribution in [0.25, 0.3) is 0 Å². The molecule has 0 spiro atoms. The van der Waals surface area contributed by atoms with Crippen molar-refractivity contribution in [3.05, 3.63) is 58.1 Å². The quantitative estimate of drug-likeness (QED) is 0.596. The van der Waals surface area contributed by atoms with Crippen LogP contribution < -0.4 is 9.47 Å². The van der Waals surface area contributed by atoms with E-state index in [2.05, 4.69) is 0 Å². The summed E-state index contributed by atoms with van der Waals surface area (Å²) < 4.78 is 11.4. The molecule has 5 heteroatoms. The Morgan fingerprint density at radius 1 is 0.900 bits per heavy atom. The van der Waals surface area contributed by atoms with Crippen LogP contribution in [0, 0.1) is 13.8 Å². The third-order valence-corrected chi connectivity index (χ3v) is 5.63. The standard InChI is InChI=1S/C25H31NO4/c1-5-29-23-14-19-11-12-26(16-21(19)15-24(23)30-6-2)25(28)10-9-22(27)20-8-7-17(3)18(4)13-20/h7-8,13-15H,5-6,9-12,16H2,1-4H3. The molecule has 2 aromatic carbocycles. The van der Waals surface area contributed by atoms with Crippen LogP contribution in [-0.2, 0) is 17.8 Å². The molecule has 0 unspecified atom stereocenters. The van der Waals surface area contributed by atoms with Gasteiger partial charge in [-0.15, -0.1) is 0 Å². The van der Waals surface area contributed by atoms with Gasteiger partial charge >= 0.3 is 0 Å². The summed E-state index contributed by atoms with van der Waals surface area (Å²) in [6.07, 6.45) is 1.24. The van der Waals surface area contributed by atoms with Crippen molar-refractivity contribution in [2.24, 2.45) is 0 Å². The average Bonchev–Trinajstić information content (AvgIpc) is 2.74. The lowest BCUT2D eigenvalue weighted by Crippen LogP contribution is -2.36. The van der Waals surface area contributed by atoms with Gasteiger partial charge in [0.2, 0.25) is 5.91 Å². The van der Waals surface area contributed by atoms with Gasteiger partial charge in [-0.05, 0) is 74.6 Å². The Morgan fingerprint density at radius 2 is 1.57 bits per heavy atom. The second-order valence-corrected chi connectivity index (χ2v) is 7.72. The van der Waals surface area contributed by atoms with Crippen LogP contribution in [0.2, 0.25) is 0 Å². The lowest BCUT2D eigenvalue weighted by atomic mass is 9.97. The number of rotatable bonds is 8.